The molecule has 0 saturated carbocycles. The summed E-state index contributed by atoms with van der Waals surface area (Å²) in [7, 11) is 0. The van der Waals surface area contributed by atoms with E-state index in [4.69, 9.17) is 0 Å². The molecule has 2 heteroatoms. The molecule has 21 heavy (non-hydrogen) atoms. The number of likely N-dealkylation sites (tertiary alicyclic amines) is 1. The first-order valence-electron chi connectivity index (χ1n) is 9.70. The van der Waals surface area contributed by atoms with Crippen LogP contribution in [0.15, 0.2) is 0 Å². The SMILES string of the molecule is CCCCCCCC(CCCCCCC)N1CC[C@H](O)C1. The van der Waals surface area contributed by atoms with E-state index in [1.165, 1.54) is 77.0 Å². The third-order valence-electron chi connectivity index (χ3n) is 4.99. The molecule has 0 spiro atoms. The third-order valence-corrected chi connectivity index (χ3v) is 4.99. The highest BCUT2D eigenvalue weighted by molar-refractivity contribution is 4.81. The second-order valence-electron chi connectivity index (χ2n) is 7.00. The van der Waals surface area contributed by atoms with E-state index in [1.54, 1.807) is 0 Å². The summed E-state index contributed by atoms with van der Waals surface area (Å²) in [5.41, 5.74) is 0. The van der Waals surface area contributed by atoms with Gasteiger partial charge in [0.2, 0.25) is 0 Å². The molecule has 1 rings (SSSR count). The Morgan fingerprint density at radius 1 is 0.857 bits per heavy atom. The van der Waals surface area contributed by atoms with Crippen molar-refractivity contribution in [2.45, 2.75) is 109 Å². The van der Waals surface area contributed by atoms with Crippen molar-refractivity contribution in [3.63, 3.8) is 0 Å². The monoisotopic (exact) mass is 297 g/mol. The van der Waals surface area contributed by atoms with Crippen LogP contribution < -0.4 is 0 Å². The fourth-order valence-corrected chi connectivity index (χ4v) is 3.58. The normalized spacial score (nSPS) is 19.7. The van der Waals surface area contributed by atoms with Crippen molar-refractivity contribution in [1.29, 1.82) is 0 Å². The average Bonchev–Trinajstić information content (AvgIpc) is 2.91. The van der Waals surface area contributed by atoms with Gasteiger partial charge in [-0.1, -0.05) is 78.1 Å². The molecule has 126 valence electrons. The lowest BCUT2D eigenvalue weighted by Crippen LogP contribution is -2.34. The second-order valence-corrected chi connectivity index (χ2v) is 7.00. The van der Waals surface area contributed by atoms with Crippen LogP contribution >= 0.6 is 0 Å². The molecule has 0 amide bonds. The lowest BCUT2D eigenvalue weighted by molar-refractivity contribution is 0.149. The summed E-state index contributed by atoms with van der Waals surface area (Å²) in [4.78, 5) is 2.57. The summed E-state index contributed by atoms with van der Waals surface area (Å²) in [6.45, 7) is 6.61. The van der Waals surface area contributed by atoms with Crippen LogP contribution in [0.3, 0.4) is 0 Å². The largest absolute Gasteiger partial charge is 0.392 e. The van der Waals surface area contributed by atoms with Gasteiger partial charge in [-0.15, -0.1) is 0 Å². The van der Waals surface area contributed by atoms with Gasteiger partial charge in [0.25, 0.3) is 0 Å². The van der Waals surface area contributed by atoms with Gasteiger partial charge in [-0.2, -0.15) is 0 Å². The van der Waals surface area contributed by atoms with Crippen molar-refractivity contribution < 1.29 is 5.11 Å². The van der Waals surface area contributed by atoms with E-state index < -0.39 is 0 Å². The van der Waals surface area contributed by atoms with Gasteiger partial charge >= 0.3 is 0 Å². The molecule has 1 heterocycles. The van der Waals surface area contributed by atoms with Gasteiger partial charge in [0.05, 0.1) is 6.10 Å². The zero-order valence-electron chi connectivity index (χ0n) is 14.7. The topological polar surface area (TPSA) is 23.5 Å². The van der Waals surface area contributed by atoms with Crippen LogP contribution in [0.2, 0.25) is 0 Å². The smallest absolute Gasteiger partial charge is 0.0679 e. The van der Waals surface area contributed by atoms with Crippen molar-refractivity contribution >= 4 is 0 Å². The van der Waals surface area contributed by atoms with E-state index >= 15 is 0 Å². The average molecular weight is 298 g/mol. The van der Waals surface area contributed by atoms with Crippen molar-refractivity contribution in [2.24, 2.45) is 0 Å². The van der Waals surface area contributed by atoms with E-state index in [1.807, 2.05) is 0 Å². The van der Waals surface area contributed by atoms with Crippen molar-refractivity contribution in [2.75, 3.05) is 13.1 Å². The Morgan fingerprint density at radius 3 is 1.81 bits per heavy atom. The number of unbranched alkanes of at least 4 members (excludes halogenated alkanes) is 8. The maximum absolute atomic E-state index is 9.79. The fraction of sp³-hybridized carbons (Fsp3) is 1.00. The van der Waals surface area contributed by atoms with Crippen LogP contribution in [0.25, 0.3) is 0 Å². The van der Waals surface area contributed by atoms with Gasteiger partial charge in [-0.05, 0) is 19.3 Å². The molecule has 0 aromatic carbocycles. The van der Waals surface area contributed by atoms with Gasteiger partial charge in [0.1, 0.15) is 0 Å². The van der Waals surface area contributed by atoms with Gasteiger partial charge in [0, 0.05) is 19.1 Å². The quantitative estimate of drug-likeness (QED) is 0.476. The molecule has 0 aromatic rings. The molecular formula is C19H39NO. The number of nitrogens with zero attached hydrogens (tertiary/aromatic N) is 1. The Balaban J connectivity index is 2.21. The minimum atomic E-state index is -0.0623. The maximum Gasteiger partial charge on any atom is 0.0679 e. The van der Waals surface area contributed by atoms with Crippen molar-refractivity contribution in [3.8, 4) is 0 Å². The molecule has 0 unspecified atom stereocenters. The number of β-amino-alcohol motifs (C(OH)–C–C–N with tert-alkyl or cyclic N) is 1. The number of hydrogen-bond donors (Lipinski definition) is 1. The molecule has 1 fully saturated rings. The van der Waals surface area contributed by atoms with Gasteiger partial charge in [0.15, 0.2) is 0 Å². The van der Waals surface area contributed by atoms with Gasteiger partial charge in [-0.25, -0.2) is 0 Å². The summed E-state index contributed by atoms with van der Waals surface area (Å²) < 4.78 is 0. The van der Waals surface area contributed by atoms with Crippen LogP contribution in [0.4, 0.5) is 0 Å². The zero-order chi connectivity index (χ0) is 15.3. The molecule has 1 N–H and O–H groups in total. The first kappa shape index (κ1) is 19.0. The van der Waals surface area contributed by atoms with Gasteiger partial charge in [-0.3, -0.25) is 4.90 Å². The Bertz CT molecular complexity index is 218. The van der Waals surface area contributed by atoms with Crippen molar-refractivity contribution in [3.05, 3.63) is 0 Å². The Morgan fingerprint density at radius 2 is 1.38 bits per heavy atom. The Kier molecular flexibility index (Phi) is 11.3. The number of rotatable bonds is 13. The Hall–Kier alpha value is -0.0800. The zero-order valence-corrected chi connectivity index (χ0v) is 14.7. The number of aliphatic hydroxyl groups is 1. The minimum Gasteiger partial charge on any atom is -0.392 e. The summed E-state index contributed by atoms with van der Waals surface area (Å²) >= 11 is 0. The van der Waals surface area contributed by atoms with Crippen LogP contribution in [-0.4, -0.2) is 35.2 Å². The summed E-state index contributed by atoms with van der Waals surface area (Å²) in [6.07, 6.45) is 17.5. The maximum atomic E-state index is 9.79. The van der Waals surface area contributed by atoms with Crippen LogP contribution in [0, 0.1) is 0 Å². The molecule has 0 radical (unpaired) electrons. The fourth-order valence-electron chi connectivity index (χ4n) is 3.58. The first-order valence-corrected chi connectivity index (χ1v) is 9.70. The predicted octanol–water partition coefficient (Wildman–Crippen LogP) is 5.14. The molecule has 1 aliphatic heterocycles. The summed E-state index contributed by atoms with van der Waals surface area (Å²) in [6, 6.07) is 0.741. The van der Waals surface area contributed by atoms with Crippen LogP contribution in [0.5, 0.6) is 0 Å². The highest BCUT2D eigenvalue weighted by Gasteiger charge is 2.26. The van der Waals surface area contributed by atoms with Crippen molar-refractivity contribution in [1.82, 2.24) is 4.90 Å². The molecule has 0 aliphatic carbocycles. The predicted molar refractivity (Wildman–Crippen MR) is 92.7 cm³/mol. The molecule has 1 saturated heterocycles. The minimum absolute atomic E-state index is 0.0623. The second kappa shape index (κ2) is 12.5. The van der Waals surface area contributed by atoms with E-state index in [0.717, 1.165) is 25.6 Å². The van der Waals surface area contributed by atoms with E-state index in [0.29, 0.717) is 0 Å². The Labute approximate surface area is 133 Å². The number of hydrogen-bond acceptors (Lipinski definition) is 2. The van der Waals surface area contributed by atoms with Crippen LogP contribution in [-0.2, 0) is 0 Å². The highest BCUT2D eigenvalue weighted by atomic mass is 16.3. The van der Waals surface area contributed by atoms with Gasteiger partial charge < -0.3 is 5.11 Å². The lowest BCUT2D eigenvalue weighted by atomic mass is 9.99. The lowest BCUT2D eigenvalue weighted by Gasteiger charge is -2.28. The molecule has 0 bridgehead atoms. The van der Waals surface area contributed by atoms with Crippen LogP contribution in [0.1, 0.15) is 97.3 Å². The van der Waals surface area contributed by atoms with E-state index in [9.17, 15) is 5.11 Å². The molecule has 0 aromatic heterocycles. The summed E-state index contributed by atoms with van der Waals surface area (Å²) in [5, 5.41) is 9.79. The molecule has 2 nitrogen and oxygen atoms in total. The molecular weight excluding hydrogens is 258 g/mol. The molecule has 1 atom stereocenters. The molecule has 1 aliphatic rings. The standard InChI is InChI=1S/C19H39NO/c1-3-5-7-9-11-13-18(14-12-10-8-6-4-2)20-16-15-19(21)17-20/h18-19,21H,3-17H2,1-2H3/t19-/m0/s1. The number of aliphatic hydroxyl groups excluding tert-OH is 1. The van der Waals surface area contributed by atoms with E-state index in [2.05, 4.69) is 18.7 Å². The van der Waals surface area contributed by atoms with E-state index in [-0.39, 0.29) is 6.10 Å². The summed E-state index contributed by atoms with van der Waals surface area (Å²) in [5.74, 6) is 0. The highest BCUT2D eigenvalue weighted by Crippen LogP contribution is 2.22. The third kappa shape index (κ3) is 8.83. The first-order chi connectivity index (χ1) is 10.3.